The molecule has 74 valence electrons. The Balaban J connectivity index is 2.50. The second-order valence-electron chi connectivity index (χ2n) is 2.82. The van der Waals surface area contributed by atoms with Crippen LogP contribution in [0.5, 0.6) is 0 Å². The molecule has 4 heteroatoms. The highest BCUT2D eigenvalue weighted by Crippen LogP contribution is 2.20. The molecule has 1 N–H and O–H groups in total. The smallest absolute Gasteiger partial charge is 0.0635 e. The summed E-state index contributed by atoms with van der Waals surface area (Å²) >= 11 is 9.36. The van der Waals surface area contributed by atoms with E-state index in [1.54, 1.807) is 0 Å². The zero-order valence-electron chi connectivity index (χ0n) is 7.56. The molecule has 0 bridgehead atoms. The van der Waals surface area contributed by atoms with Gasteiger partial charge in [0.25, 0.3) is 0 Å². The monoisotopic (exact) mass is 272 g/mol. The Morgan fingerprint density at radius 1 is 1.50 bits per heavy atom. The molecule has 0 aliphatic carbocycles. The topological polar surface area (TPSA) is 35.8 Å². The predicted molar refractivity (Wildman–Crippen MR) is 61.1 cm³/mol. The summed E-state index contributed by atoms with van der Waals surface area (Å²) in [5.41, 5.74) is 1.04. The van der Waals surface area contributed by atoms with Gasteiger partial charge in [-0.1, -0.05) is 27.5 Å². The molecule has 2 nitrogen and oxygen atoms in total. The molecule has 0 aliphatic rings. The third-order valence-corrected chi connectivity index (χ3v) is 2.60. The average molecular weight is 274 g/mol. The van der Waals surface area contributed by atoms with Crippen molar-refractivity contribution in [1.82, 2.24) is 5.32 Å². The van der Waals surface area contributed by atoms with Crippen LogP contribution in [-0.4, -0.2) is 6.54 Å². The fourth-order valence-corrected chi connectivity index (χ4v) is 1.64. The molecule has 0 heterocycles. The summed E-state index contributed by atoms with van der Waals surface area (Å²) in [5.74, 6) is 0. The van der Waals surface area contributed by atoms with Crippen molar-refractivity contribution in [2.45, 2.75) is 13.0 Å². The third kappa shape index (κ3) is 3.67. The number of nitrogens with zero attached hydrogens (tertiary/aromatic N) is 1. The minimum atomic E-state index is 0.519. The fraction of sp³-hybridized carbons (Fsp3) is 0.300. The van der Waals surface area contributed by atoms with Crippen LogP contribution in [0.3, 0.4) is 0 Å². The van der Waals surface area contributed by atoms with Crippen LogP contribution in [0, 0.1) is 11.3 Å². The lowest BCUT2D eigenvalue weighted by atomic mass is 10.2. The molecule has 0 unspecified atom stereocenters. The second kappa shape index (κ2) is 6.02. The van der Waals surface area contributed by atoms with E-state index >= 15 is 0 Å². The first kappa shape index (κ1) is 11.5. The average Bonchev–Trinajstić information content (AvgIpc) is 2.18. The molecule has 0 aliphatic heterocycles. The van der Waals surface area contributed by atoms with E-state index in [-0.39, 0.29) is 0 Å². The maximum absolute atomic E-state index is 8.34. The Kier molecular flexibility index (Phi) is 4.95. The van der Waals surface area contributed by atoms with Crippen LogP contribution >= 0.6 is 27.5 Å². The van der Waals surface area contributed by atoms with Crippen LogP contribution < -0.4 is 5.32 Å². The van der Waals surface area contributed by atoms with E-state index in [1.165, 1.54) is 0 Å². The van der Waals surface area contributed by atoms with Crippen molar-refractivity contribution in [2.75, 3.05) is 6.54 Å². The van der Waals surface area contributed by atoms with Crippen LogP contribution in [0.25, 0.3) is 0 Å². The molecule has 0 saturated carbocycles. The number of benzene rings is 1. The standard InChI is InChI=1S/C10H10BrClN2/c11-9-2-3-10(12)8(6-9)7-14-5-1-4-13/h2-3,6,14H,1,5,7H2. The van der Waals surface area contributed by atoms with E-state index in [0.29, 0.717) is 19.5 Å². The fourth-order valence-electron chi connectivity index (χ4n) is 1.05. The number of rotatable bonds is 4. The largest absolute Gasteiger partial charge is 0.312 e. The Labute approximate surface area is 97.0 Å². The van der Waals surface area contributed by atoms with Gasteiger partial charge < -0.3 is 5.32 Å². The molecule has 0 amide bonds. The molecular formula is C10H10BrClN2. The lowest BCUT2D eigenvalue weighted by Gasteiger charge is -2.05. The highest BCUT2D eigenvalue weighted by molar-refractivity contribution is 9.10. The van der Waals surface area contributed by atoms with Crippen LogP contribution in [-0.2, 0) is 6.54 Å². The normalized spacial score (nSPS) is 9.79. The quantitative estimate of drug-likeness (QED) is 0.856. The molecule has 1 aromatic carbocycles. The van der Waals surface area contributed by atoms with Gasteiger partial charge in [-0.3, -0.25) is 0 Å². The highest BCUT2D eigenvalue weighted by atomic mass is 79.9. The SMILES string of the molecule is N#CCCNCc1cc(Br)ccc1Cl. The summed E-state index contributed by atoms with van der Waals surface area (Å²) in [7, 11) is 0. The molecule has 1 aromatic rings. The van der Waals surface area contributed by atoms with Gasteiger partial charge in [0.2, 0.25) is 0 Å². The van der Waals surface area contributed by atoms with Gasteiger partial charge in [-0.2, -0.15) is 5.26 Å². The van der Waals surface area contributed by atoms with Gasteiger partial charge in [-0.05, 0) is 23.8 Å². The Morgan fingerprint density at radius 2 is 2.29 bits per heavy atom. The van der Waals surface area contributed by atoms with Crippen molar-refractivity contribution in [3.63, 3.8) is 0 Å². The molecule has 0 spiro atoms. The first-order valence-corrected chi connectivity index (χ1v) is 5.42. The van der Waals surface area contributed by atoms with E-state index in [4.69, 9.17) is 16.9 Å². The second-order valence-corrected chi connectivity index (χ2v) is 4.14. The molecule has 0 atom stereocenters. The van der Waals surface area contributed by atoms with Crippen LogP contribution in [0.2, 0.25) is 5.02 Å². The Bertz CT molecular complexity index is 346. The molecule has 0 radical (unpaired) electrons. The molecule has 14 heavy (non-hydrogen) atoms. The summed E-state index contributed by atoms with van der Waals surface area (Å²) in [6.45, 7) is 1.39. The molecule has 0 aromatic heterocycles. The van der Waals surface area contributed by atoms with Crippen molar-refractivity contribution in [1.29, 1.82) is 5.26 Å². The van der Waals surface area contributed by atoms with Crippen molar-refractivity contribution >= 4 is 27.5 Å². The van der Waals surface area contributed by atoms with Crippen LogP contribution in [0.15, 0.2) is 22.7 Å². The number of nitriles is 1. The van der Waals surface area contributed by atoms with Gasteiger partial charge in [-0.15, -0.1) is 0 Å². The van der Waals surface area contributed by atoms with Gasteiger partial charge in [0.1, 0.15) is 0 Å². The van der Waals surface area contributed by atoms with Gasteiger partial charge in [0.15, 0.2) is 0 Å². The molecular weight excluding hydrogens is 263 g/mol. The minimum Gasteiger partial charge on any atom is -0.312 e. The van der Waals surface area contributed by atoms with Crippen molar-refractivity contribution in [3.8, 4) is 6.07 Å². The zero-order valence-corrected chi connectivity index (χ0v) is 9.90. The van der Waals surface area contributed by atoms with Gasteiger partial charge >= 0.3 is 0 Å². The van der Waals surface area contributed by atoms with E-state index in [2.05, 4.69) is 27.3 Å². The van der Waals surface area contributed by atoms with Gasteiger partial charge in [-0.25, -0.2) is 0 Å². The van der Waals surface area contributed by atoms with Crippen molar-refractivity contribution in [2.24, 2.45) is 0 Å². The van der Waals surface area contributed by atoms with E-state index in [9.17, 15) is 0 Å². The van der Waals surface area contributed by atoms with E-state index in [1.807, 2.05) is 18.2 Å². The summed E-state index contributed by atoms with van der Waals surface area (Å²) in [6.07, 6.45) is 0.519. The molecule has 1 rings (SSSR count). The number of hydrogen-bond acceptors (Lipinski definition) is 2. The lowest BCUT2D eigenvalue weighted by molar-refractivity contribution is 0.699. The van der Waals surface area contributed by atoms with E-state index in [0.717, 1.165) is 15.1 Å². The number of hydrogen-bond donors (Lipinski definition) is 1. The minimum absolute atomic E-state index is 0.519. The zero-order chi connectivity index (χ0) is 10.4. The molecule has 0 fully saturated rings. The van der Waals surface area contributed by atoms with Crippen molar-refractivity contribution < 1.29 is 0 Å². The van der Waals surface area contributed by atoms with Crippen molar-refractivity contribution in [3.05, 3.63) is 33.3 Å². The van der Waals surface area contributed by atoms with Gasteiger partial charge in [0, 0.05) is 29.0 Å². The van der Waals surface area contributed by atoms with E-state index < -0.39 is 0 Å². The summed E-state index contributed by atoms with van der Waals surface area (Å²) < 4.78 is 1.01. The summed E-state index contributed by atoms with van der Waals surface area (Å²) in [5, 5.41) is 12.2. The highest BCUT2D eigenvalue weighted by Gasteiger charge is 1.99. The van der Waals surface area contributed by atoms with Crippen LogP contribution in [0.1, 0.15) is 12.0 Å². The summed E-state index contributed by atoms with van der Waals surface area (Å²) in [4.78, 5) is 0. The van der Waals surface area contributed by atoms with Crippen LogP contribution in [0.4, 0.5) is 0 Å². The number of halogens is 2. The number of nitrogens with one attached hydrogen (secondary N) is 1. The lowest BCUT2D eigenvalue weighted by Crippen LogP contribution is -2.14. The maximum Gasteiger partial charge on any atom is 0.0635 e. The first-order chi connectivity index (χ1) is 6.74. The summed E-state index contributed by atoms with van der Waals surface area (Å²) in [6, 6.07) is 7.81. The first-order valence-electron chi connectivity index (χ1n) is 4.25. The molecule has 0 saturated heterocycles. The Morgan fingerprint density at radius 3 is 3.00 bits per heavy atom. The maximum atomic E-state index is 8.34. The third-order valence-electron chi connectivity index (χ3n) is 1.74. The van der Waals surface area contributed by atoms with Gasteiger partial charge in [0.05, 0.1) is 6.07 Å². The predicted octanol–water partition coefficient (Wildman–Crippen LogP) is 3.11. The Hall–Kier alpha value is -0.560.